The number of rotatable bonds is 3. The molecule has 3 heterocycles. The summed E-state index contributed by atoms with van der Waals surface area (Å²) in [5.41, 5.74) is 0.0767. The first-order chi connectivity index (χ1) is 12.2. The summed E-state index contributed by atoms with van der Waals surface area (Å²) in [7, 11) is -1.64. The second kappa shape index (κ2) is 6.94. The van der Waals surface area contributed by atoms with Crippen molar-refractivity contribution >= 4 is 15.9 Å². The Morgan fingerprint density at radius 3 is 2.54 bits per heavy atom. The van der Waals surface area contributed by atoms with Crippen molar-refractivity contribution in [3.05, 3.63) is 11.5 Å². The highest BCUT2D eigenvalue weighted by Gasteiger charge is 2.46. The third-order valence-corrected chi connectivity index (χ3v) is 8.01. The summed E-state index contributed by atoms with van der Waals surface area (Å²) in [6.07, 6.45) is 1.90. The molecule has 0 saturated carbocycles. The Bertz CT molecular complexity index is 771. The molecule has 146 valence electrons. The van der Waals surface area contributed by atoms with E-state index in [1.807, 2.05) is 18.9 Å². The molecule has 0 bridgehead atoms. The van der Waals surface area contributed by atoms with Gasteiger partial charge in [-0.05, 0) is 40.7 Å². The van der Waals surface area contributed by atoms with Crippen LogP contribution in [0.5, 0.6) is 0 Å². The lowest BCUT2D eigenvalue weighted by atomic mass is 9.87. The predicted molar refractivity (Wildman–Crippen MR) is 96.2 cm³/mol. The number of sulfonamides is 1. The number of aromatic nitrogens is 1. The quantitative estimate of drug-likeness (QED) is 0.773. The second-order valence-corrected chi connectivity index (χ2v) is 9.24. The predicted octanol–water partition coefficient (Wildman–Crippen LogP) is 0.999. The number of hydrogen-bond donors (Lipinski definition) is 0. The fourth-order valence-electron chi connectivity index (χ4n) is 4.17. The molecule has 1 unspecified atom stereocenters. The van der Waals surface area contributed by atoms with E-state index in [0.29, 0.717) is 57.0 Å². The highest BCUT2D eigenvalue weighted by Crippen LogP contribution is 2.35. The van der Waals surface area contributed by atoms with Crippen LogP contribution in [0.1, 0.15) is 37.6 Å². The van der Waals surface area contributed by atoms with Gasteiger partial charge < -0.3 is 9.42 Å². The number of amides is 1. The summed E-state index contributed by atoms with van der Waals surface area (Å²) < 4.78 is 33.1. The maximum atomic E-state index is 13.2. The van der Waals surface area contributed by atoms with Gasteiger partial charge in [0.25, 0.3) is 0 Å². The summed E-state index contributed by atoms with van der Waals surface area (Å²) in [6, 6.07) is 0. The number of hydrogen-bond acceptors (Lipinski definition) is 6. The standard InChI is InChI=1S/C17H28N4O4S/c1-5-20-9-8-17(7-6-15(20)22)12-21(11-10-19(17)4)26(23,24)16-13(2)18-25-14(16)3/h5-12H2,1-4H3. The van der Waals surface area contributed by atoms with Crippen LogP contribution in [0.3, 0.4) is 0 Å². The van der Waals surface area contributed by atoms with Crippen molar-refractivity contribution in [1.82, 2.24) is 19.3 Å². The van der Waals surface area contributed by atoms with Crippen LogP contribution in [-0.2, 0) is 14.8 Å². The Hall–Kier alpha value is -1.45. The minimum atomic E-state index is -3.67. The monoisotopic (exact) mass is 384 g/mol. The van der Waals surface area contributed by atoms with Gasteiger partial charge in [-0.3, -0.25) is 9.69 Å². The molecule has 0 N–H and O–H groups in total. The van der Waals surface area contributed by atoms with E-state index in [9.17, 15) is 13.2 Å². The van der Waals surface area contributed by atoms with E-state index >= 15 is 0 Å². The molecule has 8 nitrogen and oxygen atoms in total. The summed E-state index contributed by atoms with van der Waals surface area (Å²) >= 11 is 0. The van der Waals surface area contributed by atoms with Crippen LogP contribution < -0.4 is 0 Å². The van der Waals surface area contributed by atoms with Crippen molar-refractivity contribution in [3.8, 4) is 0 Å². The Labute approximate surface area is 155 Å². The van der Waals surface area contributed by atoms with Crippen LogP contribution in [0.25, 0.3) is 0 Å². The highest BCUT2D eigenvalue weighted by atomic mass is 32.2. The van der Waals surface area contributed by atoms with Crippen molar-refractivity contribution in [2.75, 3.05) is 39.8 Å². The van der Waals surface area contributed by atoms with E-state index in [-0.39, 0.29) is 16.3 Å². The molecule has 0 radical (unpaired) electrons. The molecule has 1 amide bonds. The summed E-state index contributed by atoms with van der Waals surface area (Å²) in [6.45, 7) is 8.08. The van der Waals surface area contributed by atoms with Crippen LogP contribution in [0, 0.1) is 13.8 Å². The molecule has 2 fully saturated rings. The molecule has 0 aliphatic carbocycles. The second-order valence-electron chi connectivity index (χ2n) is 7.36. The molecule has 2 aliphatic rings. The number of aryl methyl sites for hydroxylation is 2. The molecule has 9 heteroatoms. The zero-order valence-corrected chi connectivity index (χ0v) is 16.8. The Morgan fingerprint density at radius 2 is 1.92 bits per heavy atom. The van der Waals surface area contributed by atoms with Crippen molar-refractivity contribution in [2.24, 2.45) is 0 Å². The molecular weight excluding hydrogens is 356 g/mol. The SMILES string of the molecule is CCN1CCC2(CCC1=O)CN(S(=O)(=O)c1c(C)noc1C)CCN2C. The molecule has 1 aromatic heterocycles. The molecule has 0 aromatic carbocycles. The van der Waals surface area contributed by atoms with E-state index in [1.54, 1.807) is 18.2 Å². The first kappa shape index (κ1) is 19.3. The first-order valence-electron chi connectivity index (χ1n) is 9.13. The van der Waals surface area contributed by atoms with Gasteiger partial charge in [-0.15, -0.1) is 0 Å². The summed E-state index contributed by atoms with van der Waals surface area (Å²) in [4.78, 5) is 16.6. The summed E-state index contributed by atoms with van der Waals surface area (Å²) in [5, 5.41) is 3.80. The average Bonchev–Trinajstić information content (AvgIpc) is 2.85. The molecule has 2 aliphatic heterocycles. The molecule has 1 atom stereocenters. The van der Waals surface area contributed by atoms with Gasteiger partial charge in [-0.2, -0.15) is 4.31 Å². The van der Waals surface area contributed by atoms with E-state index < -0.39 is 10.0 Å². The van der Waals surface area contributed by atoms with Gasteiger partial charge in [0.05, 0.1) is 0 Å². The zero-order chi connectivity index (χ0) is 19.1. The van der Waals surface area contributed by atoms with Crippen molar-refractivity contribution in [3.63, 3.8) is 0 Å². The van der Waals surface area contributed by atoms with E-state index in [1.165, 1.54) is 0 Å². The molecule has 3 rings (SSSR count). The van der Waals surface area contributed by atoms with Crippen molar-refractivity contribution in [1.29, 1.82) is 0 Å². The van der Waals surface area contributed by atoms with Crippen LogP contribution in [0.4, 0.5) is 0 Å². The average molecular weight is 385 g/mol. The fraction of sp³-hybridized carbons (Fsp3) is 0.765. The number of likely N-dealkylation sites (tertiary alicyclic amines) is 1. The number of nitrogens with zero attached hydrogens (tertiary/aromatic N) is 4. The largest absolute Gasteiger partial charge is 0.360 e. The van der Waals surface area contributed by atoms with Gasteiger partial charge >= 0.3 is 0 Å². The smallest absolute Gasteiger partial charge is 0.248 e. The normalized spacial score (nSPS) is 26.5. The molecular formula is C17H28N4O4S. The van der Waals surface area contributed by atoms with Gasteiger partial charge in [0.1, 0.15) is 10.6 Å². The van der Waals surface area contributed by atoms with Gasteiger partial charge in [-0.1, -0.05) is 5.16 Å². The lowest BCUT2D eigenvalue weighted by Gasteiger charge is -2.48. The molecule has 2 saturated heterocycles. The molecule has 26 heavy (non-hydrogen) atoms. The number of likely N-dealkylation sites (N-methyl/N-ethyl adjacent to an activating group) is 1. The van der Waals surface area contributed by atoms with Crippen LogP contribution in [0.15, 0.2) is 9.42 Å². The van der Waals surface area contributed by atoms with E-state index in [2.05, 4.69) is 10.1 Å². The van der Waals surface area contributed by atoms with Gasteiger partial charge in [0.2, 0.25) is 15.9 Å². The van der Waals surface area contributed by atoms with Crippen LogP contribution in [-0.4, -0.2) is 78.9 Å². The Balaban J connectivity index is 1.90. The molecule has 1 spiro atoms. The number of carbonyl (C=O) groups excluding carboxylic acids is 1. The molecule has 1 aromatic rings. The number of carbonyl (C=O) groups is 1. The van der Waals surface area contributed by atoms with Gasteiger partial charge in [0, 0.05) is 44.7 Å². The third-order valence-electron chi connectivity index (χ3n) is 5.92. The Morgan fingerprint density at radius 1 is 1.19 bits per heavy atom. The first-order valence-corrected chi connectivity index (χ1v) is 10.6. The minimum absolute atomic E-state index is 0.156. The third kappa shape index (κ3) is 3.16. The topological polar surface area (TPSA) is 87.0 Å². The lowest BCUT2D eigenvalue weighted by Crippen LogP contribution is -2.62. The minimum Gasteiger partial charge on any atom is -0.360 e. The van der Waals surface area contributed by atoms with E-state index in [0.717, 1.165) is 6.42 Å². The fourth-order valence-corrected chi connectivity index (χ4v) is 5.97. The van der Waals surface area contributed by atoms with Crippen LogP contribution >= 0.6 is 0 Å². The summed E-state index contributed by atoms with van der Waals surface area (Å²) in [5.74, 6) is 0.479. The highest BCUT2D eigenvalue weighted by molar-refractivity contribution is 7.89. The zero-order valence-electron chi connectivity index (χ0n) is 16.0. The Kier molecular flexibility index (Phi) is 5.15. The lowest BCUT2D eigenvalue weighted by molar-refractivity contribution is -0.130. The van der Waals surface area contributed by atoms with Gasteiger partial charge in [0.15, 0.2) is 5.76 Å². The van der Waals surface area contributed by atoms with Gasteiger partial charge in [-0.25, -0.2) is 8.42 Å². The number of piperazine rings is 1. The van der Waals surface area contributed by atoms with E-state index in [4.69, 9.17) is 4.52 Å². The van der Waals surface area contributed by atoms with Crippen molar-refractivity contribution in [2.45, 2.75) is 50.5 Å². The maximum Gasteiger partial charge on any atom is 0.248 e. The van der Waals surface area contributed by atoms with Crippen LogP contribution in [0.2, 0.25) is 0 Å². The van der Waals surface area contributed by atoms with Crippen molar-refractivity contribution < 1.29 is 17.7 Å². The maximum absolute atomic E-state index is 13.2.